The van der Waals surface area contributed by atoms with Gasteiger partial charge in [-0.15, -0.1) is 0 Å². The van der Waals surface area contributed by atoms with Crippen molar-refractivity contribution in [1.82, 2.24) is 10.3 Å². The third-order valence-electron chi connectivity index (χ3n) is 1.76. The summed E-state index contributed by atoms with van der Waals surface area (Å²) in [6.45, 7) is -11.9. The number of hydrogen-bond donors (Lipinski definition) is 3. The van der Waals surface area contributed by atoms with E-state index in [0.29, 0.717) is 0 Å². The van der Waals surface area contributed by atoms with E-state index in [2.05, 4.69) is 4.98 Å². The van der Waals surface area contributed by atoms with Crippen LogP contribution in [0, 0.1) is 0 Å². The molecular formula is C9H14BN3O2. The first-order chi connectivity index (χ1) is 10.2. The molecule has 0 atom stereocenters. The van der Waals surface area contributed by atoms with Gasteiger partial charge in [0, 0.05) is 37.7 Å². The topological polar surface area (TPSA) is 68.6 Å². The fraction of sp³-hybridized carbons (Fsp3) is 0.444. The zero-order valence-electron chi connectivity index (χ0n) is 15.6. The Kier molecular flexibility index (Phi) is 1.35. The molecule has 80 valence electrons. The van der Waals surface area contributed by atoms with Crippen LogP contribution < -0.4 is 15.7 Å². The van der Waals surface area contributed by atoms with Gasteiger partial charge >= 0.3 is 7.12 Å². The summed E-state index contributed by atoms with van der Waals surface area (Å²) in [6.07, 6.45) is 1.06. The average Bonchev–Trinajstić information content (AvgIpc) is 2.35. The van der Waals surface area contributed by atoms with Crippen molar-refractivity contribution in [1.29, 1.82) is 0 Å². The zero-order valence-corrected chi connectivity index (χ0v) is 7.60. The van der Waals surface area contributed by atoms with Gasteiger partial charge in [-0.05, 0) is 17.6 Å². The quantitative estimate of drug-likeness (QED) is 0.506. The van der Waals surface area contributed by atoms with E-state index in [4.69, 9.17) is 11.0 Å². The summed E-state index contributed by atoms with van der Waals surface area (Å²) in [5, 5.41) is 20.0. The van der Waals surface area contributed by atoms with Crippen LogP contribution >= 0.6 is 0 Å². The van der Waals surface area contributed by atoms with Gasteiger partial charge in [-0.25, -0.2) is 4.98 Å². The predicted molar refractivity (Wildman–Crippen MR) is 59.1 cm³/mol. The number of hydrogen-bond acceptors (Lipinski definition) is 5. The molecular weight excluding hydrogens is 193 g/mol. The van der Waals surface area contributed by atoms with E-state index in [1.807, 2.05) is 0 Å². The molecule has 0 saturated carbocycles. The maximum Gasteiger partial charge on any atom is 0.488 e. The summed E-state index contributed by atoms with van der Waals surface area (Å²) >= 11 is 0. The largest absolute Gasteiger partial charge is 0.488 e. The number of aromatic nitrogens is 1. The number of piperazine rings is 1. The molecule has 2 rings (SSSR count). The van der Waals surface area contributed by atoms with Gasteiger partial charge in [-0.3, -0.25) is 0 Å². The monoisotopic (exact) mass is 215 g/mol. The molecule has 1 aromatic rings. The minimum Gasteiger partial charge on any atom is -0.423 e. The first-order valence-corrected chi connectivity index (χ1v) is 4.16. The summed E-state index contributed by atoms with van der Waals surface area (Å²) in [5.41, 5.74) is -0.124. The molecule has 3 N–H and O–H groups in total. The molecule has 1 saturated heterocycles. The molecule has 15 heavy (non-hydrogen) atoms. The molecule has 0 radical (unpaired) electrons. The Labute approximate surface area is 100 Å². The minimum absolute atomic E-state index is 0.124. The van der Waals surface area contributed by atoms with Crippen LogP contribution in [0.2, 0.25) is 0 Å². The number of rotatable bonds is 2. The molecule has 1 aromatic heterocycles. The number of anilines is 1. The first-order valence-electron chi connectivity index (χ1n) is 8.16. The second-order valence-electron chi connectivity index (χ2n) is 2.76. The summed E-state index contributed by atoms with van der Waals surface area (Å²) in [7, 11) is -1.93. The fourth-order valence-electron chi connectivity index (χ4n) is 1.06. The first kappa shape index (κ1) is 4.41. The standard InChI is InChI=1S/C9H14BN3O2/c14-10(15)8-1-2-12-9(7-8)13-5-3-11-4-6-13/h1-2,7,11,14-15H,3-6H2/i3D2,4D2,5D2,6D2. The summed E-state index contributed by atoms with van der Waals surface area (Å²) < 4.78 is 62.4. The van der Waals surface area contributed by atoms with Crippen molar-refractivity contribution >= 4 is 18.4 Å². The van der Waals surface area contributed by atoms with E-state index < -0.39 is 38.9 Å². The Morgan fingerprint density at radius 3 is 2.87 bits per heavy atom. The number of nitrogens with one attached hydrogen (secondary N) is 1. The minimum atomic E-state index is -3.02. The summed E-state index contributed by atoms with van der Waals surface area (Å²) in [5.74, 6) is -0.472. The highest BCUT2D eigenvalue weighted by Gasteiger charge is 2.15. The van der Waals surface area contributed by atoms with Gasteiger partial charge < -0.3 is 20.3 Å². The van der Waals surface area contributed by atoms with Gasteiger partial charge in [0.1, 0.15) is 5.82 Å². The number of nitrogens with zero attached hydrogens (tertiary/aromatic N) is 2. The Bertz CT molecular complexity index is 588. The predicted octanol–water partition coefficient (Wildman–Crippen LogP) is -1.83. The van der Waals surface area contributed by atoms with E-state index in [0.717, 1.165) is 12.3 Å². The molecule has 0 amide bonds. The van der Waals surface area contributed by atoms with Gasteiger partial charge in [0.2, 0.25) is 0 Å². The van der Waals surface area contributed by atoms with E-state index >= 15 is 0 Å². The van der Waals surface area contributed by atoms with Crippen molar-refractivity contribution in [3.05, 3.63) is 18.3 Å². The van der Waals surface area contributed by atoms with E-state index in [1.54, 1.807) is 5.32 Å². The Hall–Kier alpha value is -1.11. The van der Waals surface area contributed by atoms with Gasteiger partial charge in [0.25, 0.3) is 0 Å². The van der Waals surface area contributed by atoms with Crippen molar-refractivity contribution < 1.29 is 21.0 Å². The zero-order chi connectivity index (χ0) is 17.8. The van der Waals surface area contributed by atoms with Gasteiger partial charge in [0.05, 0.1) is 5.48 Å². The van der Waals surface area contributed by atoms with Crippen molar-refractivity contribution in [3.8, 4) is 0 Å². The van der Waals surface area contributed by atoms with E-state index in [9.17, 15) is 10.0 Å². The molecule has 1 aliphatic rings. The maximum absolute atomic E-state index is 9.17. The van der Waals surface area contributed by atoms with Crippen molar-refractivity contribution in [2.75, 3.05) is 30.9 Å². The van der Waals surface area contributed by atoms with Crippen LogP contribution in [0.4, 0.5) is 5.82 Å². The Morgan fingerprint density at radius 1 is 1.47 bits per heavy atom. The highest BCUT2D eigenvalue weighted by molar-refractivity contribution is 6.58. The molecule has 2 heterocycles. The molecule has 1 fully saturated rings. The third-order valence-corrected chi connectivity index (χ3v) is 1.76. The van der Waals surface area contributed by atoms with Crippen LogP contribution in [0.1, 0.15) is 11.0 Å². The van der Waals surface area contributed by atoms with Gasteiger partial charge in [-0.1, -0.05) is 0 Å². The maximum atomic E-state index is 9.17. The lowest BCUT2D eigenvalue weighted by Crippen LogP contribution is -2.44. The number of pyridine rings is 1. The summed E-state index contributed by atoms with van der Waals surface area (Å²) in [6, 6.07) is 2.16. The molecule has 5 nitrogen and oxygen atoms in total. The molecule has 0 bridgehead atoms. The van der Waals surface area contributed by atoms with E-state index in [1.165, 1.54) is 6.07 Å². The molecule has 1 aliphatic heterocycles. The molecule has 0 unspecified atom stereocenters. The average molecular weight is 215 g/mol. The molecule has 0 aromatic carbocycles. The van der Waals surface area contributed by atoms with Crippen molar-refractivity contribution in [2.24, 2.45) is 0 Å². The van der Waals surface area contributed by atoms with Crippen LogP contribution in [-0.4, -0.2) is 48.1 Å². The lowest BCUT2D eigenvalue weighted by atomic mass is 9.81. The lowest BCUT2D eigenvalue weighted by molar-refractivity contribution is 0.425. The van der Waals surface area contributed by atoms with Gasteiger partial charge in [0.15, 0.2) is 0 Å². The van der Waals surface area contributed by atoms with Crippen LogP contribution in [-0.2, 0) is 0 Å². The summed E-state index contributed by atoms with van der Waals surface area (Å²) in [4.78, 5) is 3.96. The van der Waals surface area contributed by atoms with Crippen LogP contribution in [0.15, 0.2) is 18.3 Å². The lowest BCUT2D eigenvalue weighted by Gasteiger charge is -2.28. The van der Waals surface area contributed by atoms with Crippen molar-refractivity contribution in [2.45, 2.75) is 0 Å². The Balaban J connectivity index is 2.66. The molecule has 0 aliphatic carbocycles. The van der Waals surface area contributed by atoms with Gasteiger partial charge in [-0.2, -0.15) is 0 Å². The van der Waals surface area contributed by atoms with Crippen molar-refractivity contribution in [3.63, 3.8) is 0 Å². The fourth-order valence-corrected chi connectivity index (χ4v) is 1.06. The highest BCUT2D eigenvalue weighted by Crippen LogP contribution is 2.08. The van der Waals surface area contributed by atoms with Crippen LogP contribution in [0.25, 0.3) is 0 Å². The second kappa shape index (κ2) is 4.61. The normalized spacial score (nSPS) is 37.9. The highest BCUT2D eigenvalue weighted by atomic mass is 16.4. The smallest absolute Gasteiger partial charge is 0.423 e. The van der Waals surface area contributed by atoms with Crippen LogP contribution in [0.5, 0.6) is 0 Å². The third kappa shape index (κ3) is 2.47. The second-order valence-corrected chi connectivity index (χ2v) is 2.76. The van der Waals surface area contributed by atoms with Crippen LogP contribution in [0.3, 0.4) is 0 Å². The van der Waals surface area contributed by atoms with E-state index in [-0.39, 0.29) is 10.4 Å². The molecule has 6 heteroatoms. The molecule has 0 spiro atoms. The SMILES string of the molecule is [2H]C1([2H])NC([2H])([2H])C([2H])([2H])N(c2cc(B(O)O)ccn2)C1([2H])[2H]. The Morgan fingerprint density at radius 2 is 2.20 bits per heavy atom.